The molecule has 0 saturated carbocycles. The molecule has 0 radical (unpaired) electrons. The van der Waals surface area contributed by atoms with Crippen LogP contribution in [0.5, 0.6) is 0 Å². The summed E-state index contributed by atoms with van der Waals surface area (Å²) in [6, 6.07) is 68.6. The number of fused-ring (bicyclic) bond motifs is 4. The zero-order valence-electron chi connectivity index (χ0n) is 31.3. The molecule has 0 spiro atoms. The zero-order chi connectivity index (χ0) is 37.6. The van der Waals surface area contributed by atoms with Gasteiger partial charge in [-0.25, -0.2) is 9.97 Å². The third-order valence-corrected chi connectivity index (χ3v) is 11.0. The Balaban J connectivity index is 1.06. The van der Waals surface area contributed by atoms with Crippen LogP contribution in [0.1, 0.15) is 11.1 Å². The molecule has 10 aromatic rings. The van der Waals surface area contributed by atoms with E-state index in [1.54, 1.807) is 0 Å². The zero-order valence-corrected chi connectivity index (χ0v) is 31.3. The molecule has 0 fully saturated rings. The molecule has 10 rings (SSSR count). The van der Waals surface area contributed by atoms with Crippen molar-refractivity contribution < 1.29 is 0 Å². The van der Waals surface area contributed by atoms with Gasteiger partial charge in [0, 0.05) is 44.6 Å². The van der Waals surface area contributed by atoms with E-state index in [1.807, 2.05) is 30.3 Å². The van der Waals surface area contributed by atoms with E-state index in [4.69, 9.17) is 9.97 Å². The molecule has 0 N–H and O–H groups in total. The van der Waals surface area contributed by atoms with E-state index in [1.165, 1.54) is 49.7 Å². The summed E-state index contributed by atoms with van der Waals surface area (Å²) in [7, 11) is 0. The van der Waals surface area contributed by atoms with E-state index in [0.717, 1.165) is 50.6 Å². The van der Waals surface area contributed by atoms with Gasteiger partial charge in [0.05, 0.1) is 33.5 Å². The largest absolute Gasteiger partial charge is 0.310 e. The van der Waals surface area contributed by atoms with E-state index >= 15 is 0 Å². The van der Waals surface area contributed by atoms with Gasteiger partial charge in [-0.05, 0) is 109 Å². The molecule has 266 valence electrons. The number of hydrogen-bond acceptors (Lipinski definition) is 3. The lowest BCUT2D eigenvalue weighted by Gasteiger charge is -2.28. The minimum absolute atomic E-state index is 0.868. The van der Waals surface area contributed by atoms with Crippen molar-refractivity contribution in [1.29, 1.82) is 0 Å². The van der Waals surface area contributed by atoms with Crippen LogP contribution in [0, 0.1) is 13.8 Å². The summed E-state index contributed by atoms with van der Waals surface area (Å²) < 4.78 is 2.37. The van der Waals surface area contributed by atoms with E-state index in [9.17, 15) is 0 Å². The molecule has 0 aliphatic rings. The highest BCUT2D eigenvalue weighted by molar-refractivity contribution is 6.10. The Bertz CT molecular complexity index is 3020. The molecule has 0 unspecified atom stereocenters. The minimum Gasteiger partial charge on any atom is -0.310 e. The SMILES string of the molecule is Cc1c(-c2ccc3c(c2)c2ccccc2n3-c2ccccc2)ccc(N(c2ccccc2)c2ccc(-c3nc4ccccc4nc3-c3ccccc3)cc2)c1C. The first kappa shape index (κ1) is 33.3. The van der Waals surface area contributed by atoms with Gasteiger partial charge < -0.3 is 9.47 Å². The van der Waals surface area contributed by atoms with Gasteiger partial charge in [-0.2, -0.15) is 0 Å². The Morgan fingerprint density at radius 3 is 1.64 bits per heavy atom. The fourth-order valence-corrected chi connectivity index (χ4v) is 8.13. The maximum absolute atomic E-state index is 5.15. The van der Waals surface area contributed by atoms with Gasteiger partial charge in [-0.1, -0.05) is 121 Å². The van der Waals surface area contributed by atoms with Crippen LogP contribution in [0.15, 0.2) is 194 Å². The lowest BCUT2D eigenvalue weighted by Crippen LogP contribution is -2.12. The predicted octanol–water partition coefficient (Wildman–Crippen LogP) is 13.8. The Kier molecular flexibility index (Phi) is 8.23. The number of para-hydroxylation sites is 5. The number of anilines is 3. The molecule has 4 heteroatoms. The van der Waals surface area contributed by atoms with Crippen LogP contribution in [0.2, 0.25) is 0 Å². The first-order valence-corrected chi connectivity index (χ1v) is 19.1. The van der Waals surface area contributed by atoms with Crippen LogP contribution in [0.25, 0.3) is 72.2 Å². The molecule has 0 amide bonds. The van der Waals surface area contributed by atoms with Crippen LogP contribution >= 0.6 is 0 Å². The standard InChI is InChI=1S/C52H38N4/c1-35-36(2)48(33-31-43(35)39-28-32-50-45(34-39)44-22-12-15-25-49(44)56(50)41-20-10-5-11-21-41)55(40-18-8-4-9-19-40)42-29-26-38(27-30-42)52-51(37-16-6-3-7-17-37)53-46-23-13-14-24-47(46)54-52/h3-34H,1-2H3. The summed E-state index contributed by atoms with van der Waals surface area (Å²) in [5, 5.41) is 2.50. The first-order chi connectivity index (χ1) is 27.6. The van der Waals surface area contributed by atoms with Gasteiger partial charge in [0.25, 0.3) is 0 Å². The van der Waals surface area contributed by atoms with Gasteiger partial charge in [0.1, 0.15) is 0 Å². The predicted molar refractivity (Wildman–Crippen MR) is 234 cm³/mol. The second-order valence-electron chi connectivity index (χ2n) is 14.3. The van der Waals surface area contributed by atoms with Gasteiger partial charge in [0.2, 0.25) is 0 Å². The van der Waals surface area contributed by atoms with Gasteiger partial charge in [-0.3, -0.25) is 0 Å². The fourth-order valence-electron chi connectivity index (χ4n) is 8.13. The third kappa shape index (κ3) is 5.71. The molecule has 0 bridgehead atoms. The lowest BCUT2D eigenvalue weighted by atomic mass is 9.94. The molecule has 0 aliphatic carbocycles. The highest BCUT2D eigenvalue weighted by atomic mass is 15.1. The summed E-state index contributed by atoms with van der Waals surface area (Å²) in [6.07, 6.45) is 0. The summed E-state index contributed by atoms with van der Waals surface area (Å²) in [5.41, 5.74) is 17.4. The Morgan fingerprint density at radius 1 is 0.411 bits per heavy atom. The Labute approximate surface area is 326 Å². The van der Waals surface area contributed by atoms with Crippen molar-refractivity contribution in [2.45, 2.75) is 13.8 Å². The molecule has 0 aliphatic heterocycles. The van der Waals surface area contributed by atoms with Gasteiger partial charge in [-0.15, -0.1) is 0 Å². The monoisotopic (exact) mass is 718 g/mol. The van der Waals surface area contributed by atoms with Crippen LogP contribution < -0.4 is 4.90 Å². The van der Waals surface area contributed by atoms with Crippen molar-refractivity contribution in [1.82, 2.24) is 14.5 Å². The van der Waals surface area contributed by atoms with Crippen molar-refractivity contribution in [3.8, 4) is 39.3 Å². The van der Waals surface area contributed by atoms with Crippen molar-refractivity contribution in [2.75, 3.05) is 4.90 Å². The van der Waals surface area contributed by atoms with E-state index in [2.05, 4.69) is 187 Å². The smallest absolute Gasteiger partial charge is 0.0973 e. The fraction of sp³-hybridized carbons (Fsp3) is 0.0385. The molecular formula is C52H38N4. The molecule has 0 atom stereocenters. The van der Waals surface area contributed by atoms with E-state index in [-0.39, 0.29) is 0 Å². The third-order valence-electron chi connectivity index (χ3n) is 11.0. The van der Waals surface area contributed by atoms with Crippen molar-refractivity contribution >= 4 is 49.9 Å². The Hall–Kier alpha value is -7.30. The average Bonchev–Trinajstić information content (AvgIpc) is 3.60. The summed E-state index contributed by atoms with van der Waals surface area (Å²) in [6.45, 7) is 4.50. The quantitative estimate of drug-likeness (QED) is 0.165. The topological polar surface area (TPSA) is 34.0 Å². The highest BCUT2D eigenvalue weighted by Gasteiger charge is 2.20. The van der Waals surface area contributed by atoms with E-state index < -0.39 is 0 Å². The molecule has 56 heavy (non-hydrogen) atoms. The molecule has 4 nitrogen and oxygen atoms in total. The number of benzene rings is 8. The number of hydrogen-bond donors (Lipinski definition) is 0. The van der Waals surface area contributed by atoms with Crippen molar-refractivity contribution in [3.05, 3.63) is 205 Å². The molecule has 0 saturated heterocycles. The number of rotatable bonds is 7. The van der Waals surface area contributed by atoms with Crippen molar-refractivity contribution in [2.24, 2.45) is 0 Å². The number of nitrogens with zero attached hydrogens (tertiary/aromatic N) is 4. The second-order valence-corrected chi connectivity index (χ2v) is 14.3. The summed E-state index contributed by atoms with van der Waals surface area (Å²) >= 11 is 0. The van der Waals surface area contributed by atoms with Crippen molar-refractivity contribution in [3.63, 3.8) is 0 Å². The van der Waals surface area contributed by atoms with Crippen LogP contribution in [0.4, 0.5) is 17.1 Å². The van der Waals surface area contributed by atoms with Crippen LogP contribution in [0.3, 0.4) is 0 Å². The molecular weight excluding hydrogens is 681 g/mol. The summed E-state index contributed by atoms with van der Waals surface area (Å²) in [4.78, 5) is 12.6. The minimum atomic E-state index is 0.868. The molecule has 2 heterocycles. The highest BCUT2D eigenvalue weighted by Crippen LogP contribution is 2.42. The summed E-state index contributed by atoms with van der Waals surface area (Å²) in [5.74, 6) is 0. The maximum atomic E-state index is 5.15. The van der Waals surface area contributed by atoms with Gasteiger partial charge >= 0.3 is 0 Å². The maximum Gasteiger partial charge on any atom is 0.0973 e. The lowest BCUT2D eigenvalue weighted by molar-refractivity contribution is 1.18. The second kappa shape index (κ2) is 13.8. The van der Waals surface area contributed by atoms with Gasteiger partial charge in [0.15, 0.2) is 0 Å². The normalized spacial score (nSPS) is 11.4. The average molecular weight is 719 g/mol. The van der Waals surface area contributed by atoms with Crippen LogP contribution in [-0.2, 0) is 0 Å². The van der Waals surface area contributed by atoms with Crippen LogP contribution in [-0.4, -0.2) is 14.5 Å². The number of aromatic nitrogens is 3. The first-order valence-electron chi connectivity index (χ1n) is 19.1. The van der Waals surface area contributed by atoms with E-state index in [0.29, 0.717) is 0 Å². The molecule has 8 aromatic carbocycles. The Morgan fingerprint density at radius 2 is 0.946 bits per heavy atom. The molecule has 2 aromatic heterocycles.